The van der Waals surface area contributed by atoms with E-state index in [1.807, 2.05) is 13.8 Å². The summed E-state index contributed by atoms with van der Waals surface area (Å²) < 4.78 is 0. The maximum atomic E-state index is 12.1. The van der Waals surface area contributed by atoms with E-state index >= 15 is 0 Å². The molecule has 108 valence electrons. The van der Waals surface area contributed by atoms with Crippen LogP contribution in [0.2, 0.25) is 0 Å². The van der Waals surface area contributed by atoms with Gasteiger partial charge in [0.15, 0.2) is 0 Å². The minimum absolute atomic E-state index is 0.113. The van der Waals surface area contributed by atoms with Crippen molar-refractivity contribution < 1.29 is 14.7 Å². The van der Waals surface area contributed by atoms with E-state index in [0.717, 1.165) is 25.7 Å². The molecule has 0 aromatic heterocycles. The van der Waals surface area contributed by atoms with E-state index in [1.54, 1.807) is 0 Å². The van der Waals surface area contributed by atoms with Crippen molar-refractivity contribution in [2.24, 2.45) is 29.4 Å². The molecule has 6 atom stereocenters. The highest BCUT2D eigenvalue weighted by Gasteiger charge is 2.51. The van der Waals surface area contributed by atoms with Gasteiger partial charge in [0.2, 0.25) is 5.91 Å². The fourth-order valence-corrected chi connectivity index (χ4v) is 3.63. The lowest BCUT2D eigenvalue weighted by Crippen LogP contribution is -2.53. The summed E-state index contributed by atoms with van der Waals surface area (Å²) in [4.78, 5) is 23.5. The molecule has 0 heterocycles. The van der Waals surface area contributed by atoms with Crippen LogP contribution in [0.5, 0.6) is 0 Å². The Morgan fingerprint density at radius 3 is 2.58 bits per heavy atom. The summed E-state index contributed by atoms with van der Waals surface area (Å²) in [6.45, 7) is 3.94. The standard InChI is InChI=1S/C14H24N2O3/c1-3-7(2)11(15)13(17)16-12-9-5-4-8(6-9)10(12)14(18)19/h7-12H,3-6,15H2,1-2H3,(H,16,17)(H,18,19). The first kappa shape index (κ1) is 14.3. The molecule has 2 aliphatic rings. The van der Waals surface area contributed by atoms with E-state index in [9.17, 15) is 14.7 Å². The molecule has 5 nitrogen and oxygen atoms in total. The van der Waals surface area contributed by atoms with Gasteiger partial charge in [-0.2, -0.15) is 0 Å². The van der Waals surface area contributed by atoms with E-state index in [2.05, 4.69) is 5.32 Å². The van der Waals surface area contributed by atoms with Crippen molar-refractivity contribution in [1.82, 2.24) is 5.32 Å². The summed E-state index contributed by atoms with van der Waals surface area (Å²) in [6, 6.07) is -0.766. The summed E-state index contributed by atoms with van der Waals surface area (Å²) in [5.74, 6) is -0.742. The molecule has 5 heteroatoms. The lowest BCUT2D eigenvalue weighted by atomic mass is 9.84. The molecule has 19 heavy (non-hydrogen) atoms. The number of hydrogen-bond donors (Lipinski definition) is 3. The van der Waals surface area contributed by atoms with Gasteiger partial charge in [0, 0.05) is 6.04 Å². The summed E-state index contributed by atoms with van der Waals surface area (Å²) in [5, 5.41) is 12.2. The Labute approximate surface area is 113 Å². The third-order valence-corrected chi connectivity index (χ3v) is 5.07. The van der Waals surface area contributed by atoms with Gasteiger partial charge in [-0.05, 0) is 37.0 Å². The Bertz CT molecular complexity index is 372. The van der Waals surface area contributed by atoms with Crippen molar-refractivity contribution in [3.05, 3.63) is 0 Å². The molecule has 0 saturated heterocycles. The zero-order valence-corrected chi connectivity index (χ0v) is 11.6. The fourth-order valence-electron chi connectivity index (χ4n) is 3.63. The number of nitrogens with one attached hydrogen (secondary N) is 1. The number of amides is 1. The van der Waals surface area contributed by atoms with Gasteiger partial charge in [-0.3, -0.25) is 9.59 Å². The lowest BCUT2D eigenvalue weighted by molar-refractivity contribution is -0.144. The molecule has 2 rings (SSSR count). The van der Waals surface area contributed by atoms with Crippen LogP contribution < -0.4 is 11.1 Å². The molecule has 2 bridgehead atoms. The normalized spacial score (nSPS) is 35.9. The fraction of sp³-hybridized carbons (Fsp3) is 0.857. The second kappa shape index (κ2) is 5.49. The second-order valence-corrected chi connectivity index (χ2v) is 6.14. The van der Waals surface area contributed by atoms with Gasteiger partial charge in [0.05, 0.1) is 12.0 Å². The third kappa shape index (κ3) is 2.61. The maximum absolute atomic E-state index is 12.1. The number of aliphatic carboxylic acids is 1. The highest BCUT2D eigenvalue weighted by molar-refractivity contribution is 5.83. The first-order chi connectivity index (χ1) is 8.95. The monoisotopic (exact) mass is 268 g/mol. The first-order valence-electron chi connectivity index (χ1n) is 7.24. The van der Waals surface area contributed by atoms with Gasteiger partial charge >= 0.3 is 5.97 Å². The predicted octanol–water partition coefficient (Wildman–Crippen LogP) is 0.975. The molecule has 2 fully saturated rings. The van der Waals surface area contributed by atoms with E-state index < -0.39 is 17.9 Å². The van der Waals surface area contributed by atoms with Gasteiger partial charge in [-0.25, -0.2) is 0 Å². The summed E-state index contributed by atoms with van der Waals surface area (Å²) in [6.07, 6.45) is 3.78. The topological polar surface area (TPSA) is 92.4 Å². The van der Waals surface area contributed by atoms with Crippen LogP contribution in [0.4, 0.5) is 0 Å². The van der Waals surface area contributed by atoms with Crippen LogP contribution >= 0.6 is 0 Å². The van der Waals surface area contributed by atoms with Crippen LogP contribution in [0.25, 0.3) is 0 Å². The molecule has 4 N–H and O–H groups in total. The number of carboxylic acid groups (broad SMARTS) is 1. The van der Waals surface area contributed by atoms with Crippen molar-refractivity contribution >= 4 is 11.9 Å². The van der Waals surface area contributed by atoms with Crippen molar-refractivity contribution in [2.75, 3.05) is 0 Å². The number of carbonyl (C=O) groups excluding carboxylic acids is 1. The average molecular weight is 268 g/mol. The molecule has 1 amide bonds. The molecular formula is C14H24N2O3. The Balaban J connectivity index is 2.01. The highest BCUT2D eigenvalue weighted by Crippen LogP contribution is 2.48. The summed E-state index contributed by atoms with van der Waals surface area (Å²) >= 11 is 0. The Hall–Kier alpha value is -1.10. The van der Waals surface area contributed by atoms with Crippen LogP contribution in [0, 0.1) is 23.7 Å². The minimum Gasteiger partial charge on any atom is -0.481 e. The van der Waals surface area contributed by atoms with Crippen LogP contribution in [0.3, 0.4) is 0 Å². The average Bonchev–Trinajstić information content (AvgIpc) is 2.97. The summed E-state index contributed by atoms with van der Waals surface area (Å²) in [7, 11) is 0. The smallest absolute Gasteiger partial charge is 0.308 e. The largest absolute Gasteiger partial charge is 0.481 e. The van der Waals surface area contributed by atoms with Gasteiger partial charge in [0.1, 0.15) is 0 Å². The van der Waals surface area contributed by atoms with Crippen molar-refractivity contribution in [1.29, 1.82) is 0 Å². The molecule has 0 aliphatic heterocycles. The number of carbonyl (C=O) groups is 2. The zero-order valence-electron chi connectivity index (χ0n) is 11.6. The molecule has 2 saturated carbocycles. The van der Waals surface area contributed by atoms with E-state index in [-0.39, 0.29) is 23.8 Å². The predicted molar refractivity (Wildman–Crippen MR) is 71.3 cm³/mol. The Kier molecular flexibility index (Phi) is 4.13. The van der Waals surface area contributed by atoms with Gasteiger partial charge in [-0.1, -0.05) is 20.3 Å². The van der Waals surface area contributed by atoms with Crippen molar-refractivity contribution in [3.63, 3.8) is 0 Å². The number of rotatable bonds is 5. The number of fused-ring (bicyclic) bond motifs is 2. The first-order valence-corrected chi connectivity index (χ1v) is 7.24. The van der Waals surface area contributed by atoms with Gasteiger partial charge < -0.3 is 16.2 Å². The van der Waals surface area contributed by atoms with E-state index in [1.165, 1.54) is 0 Å². The maximum Gasteiger partial charge on any atom is 0.308 e. The van der Waals surface area contributed by atoms with E-state index in [4.69, 9.17) is 5.73 Å². The third-order valence-electron chi connectivity index (χ3n) is 5.07. The van der Waals surface area contributed by atoms with Crippen molar-refractivity contribution in [2.45, 2.75) is 51.6 Å². The molecule has 0 spiro atoms. The van der Waals surface area contributed by atoms with Crippen LogP contribution in [-0.4, -0.2) is 29.1 Å². The van der Waals surface area contributed by atoms with Gasteiger partial charge in [0.25, 0.3) is 0 Å². The summed E-state index contributed by atoms with van der Waals surface area (Å²) in [5.41, 5.74) is 5.91. The van der Waals surface area contributed by atoms with Crippen LogP contribution in [0.15, 0.2) is 0 Å². The number of hydrogen-bond acceptors (Lipinski definition) is 3. The van der Waals surface area contributed by atoms with Gasteiger partial charge in [-0.15, -0.1) is 0 Å². The van der Waals surface area contributed by atoms with Crippen molar-refractivity contribution in [3.8, 4) is 0 Å². The zero-order chi connectivity index (χ0) is 14.2. The molecule has 0 aromatic carbocycles. The lowest BCUT2D eigenvalue weighted by Gasteiger charge is -2.30. The van der Waals surface area contributed by atoms with Crippen LogP contribution in [-0.2, 0) is 9.59 Å². The minimum atomic E-state index is -0.783. The molecule has 2 aliphatic carbocycles. The molecule has 0 aromatic rings. The quantitative estimate of drug-likeness (QED) is 0.693. The SMILES string of the molecule is CCC(C)C(N)C(=O)NC1C2CCC(C2)C1C(=O)O. The van der Waals surface area contributed by atoms with E-state index in [0.29, 0.717) is 5.92 Å². The Morgan fingerprint density at radius 1 is 1.37 bits per heavy atom. The molecule has 0 radical (unpaired) electrons. The highest BCUT2D eigenvalue weighted by atomic mass is 16.4. The molecular weight excluding hydrogens is 244 g/mol. The second-order valence-electron chi connectivity index (χ2n) is 6.14. The number of nitrogens with two attached hydrogens (primary N) is 1. The molecule has 6 unspecified atom stereocenters. The van der Waals surface area contributed by atoms with Crippen LogP contribution in [0.1, 0.15) is 39.5 Å². The number of carboxylic acids is 1. The Morgan fingerprint density at radius 2 is 2.00 bits per heavy atom.